The fraction of sp³-hybridized carbons (Fsp3) is 0.625. The molecular weight excluding hydrogens is 270 g/mol. The van der Waals surface area contributed by atoms with Gasteiger partial charge >= 0.3 is 0 Å². The fourth-order valence-electron chi connectivity index (χ4n) is 1.83. The maximum Gasteiger partial charge on any atom is 0.119 e. The number of aryl methyl sites for hydroxylation is 1. The maximum atomic E-state index is 9.75. The summed E-state index contributed by atoms with van der Waals surface area (Å²) >= 11 is 0. The third kappa shape index (κ3) is 8.67. The van der Waals surface area contributed by atoms with Gasteiger partial charge in [0.05, 0.1) is 25.4 Å². The lowest BCUT2D eigenvalue weighted by Gasteiger charge is -2.16. The van der Waals surface area contributed by atoms with E-state index in [4.69, 9.17) is 14.2 Å². The van der Waals surface area contributed by atoms with Crippen LogP contribution in [0.3, 0.4) is 0 Å². The summed E-state index contributed by atoms with van der Waals surface area (Å²) < 4.78 is 16.0. The zero-order chi connectivity index (χ0) is 15.5. The second-order valence-electron chi connectivity index (χ2n) is 5.12. The van der Waals surface area contributed by atoms with Gasteiger partial charge < -0.3 is 24.6 Å². The Hall–Kier alpha value is -1.14. The first-order valence-electron chi connectivity index (χ1n) is 7.30. The lowest BCUT2D eigenvalue weighted by atomic mass is 10.2. The van der Waals surface area contributed by atoms with Crippen molar-refractivity contribution < 1.29 is 19.3 Å². The number of nitrogens with one attached hydrogen (secondary N) is 1. The molecule has 0 saturated heterocycles. The molecule has 5 heteroatoms. The smallest absolute Gasteiger partial charge is 0.119 e. The Morgan fingerprint density at radius 2 is 2.10 bits per heavy atom. The predicted octanol–water partition coefficient (Wildman–Crippen LogP) is 1.38. The van der Waals surface area contributed by atoms with Crippen LogP contribution in [0.25, 0.3) is 0 Å². The van der Waals surface area contributed by atoms with Crippen LogP contribution < -0.4 is 10.1 Å². The van der Waals surface area contributed by atoms with Gasteiger partial charge in [-0.05, 0) is 31.5 Å². The summed E-state index contributed by atoms with van der Waals surface area (Å²) in [4.78, 5) is 0. The van der Waals surface area contributed by atoms with Gasteiger partial charge in [-0.15, -0.1) is 0 Å². The number of hydrogen-bond acceptors (Lipinski definition) is 5. The molecule has 0 aliphatic rings. The molecule has 0 fully saturated rings. The summed E-state index contributed by atoms with van der Waals surface area (Å²) in [6.45, 7) is 6.51. The summed E-state index contributed by atoms with van der Waals surface area (Å²) in [5.41, 5.74) is 1.18. The van der Waals surface area contributed by atoms with E-state index in [9.17, 15) is 5.11 Å². The van der Waals surface area contributed by atoms with Crippen LogP contribution in [0.2, 0.25) is 0 Å². The number of aliphatic hydroxyl groups excluding tert-OH is 1. The van der Waals surface area contributed by atoms with Crippen molar-refractivity contribution in [1.29, 1.82) is 0 Å². The van der Waals surface area contributed by atoms with E-state index in [0.29, 0.717) is 32.9 Å². The molecule has 0 radical (unpaired) electrons. The largest absolute Gasteiger partial charge is 0.492 e. The van der Waals surface area contributed by atoms with E-state index in [-0.39, 0.29) is 6.10 Å². The summed E-state index contributed by atoms with van der Waals surface area (Å²) in [5, 5.41) is 12.9. The van der Waals surface area contributed by atoms with Crippen molar-refractivity contribution in [2.75, 3.05) is 40.0 Å². The number of methoxy groups -OCH3 is 1. The molecule has 2 unspecified atom stereocenters. The van der Waals surface area contributed by atoms with Crippen LogP contribution in [-0.2, 0) is 9.47 Å². The monoisotopic (exact) mass is 297 g/mol. The Balaban J connectivity index is 2.03. The quantitative estimate of drug-likeness (QED) is 0.604. The van der Waals surface area contributed by atoms with Gasteiger partial charge in [-0.1, -0.05) is 12.1 Å². The zero-order valence-corrected chi connectivity index (χ0v) is 13.2. The average Bonchev–Trinajstić information content (AvgIpc) is 2.45. The van der Waals surface area contributed by atoms with E-state index in [2.05, 4.69) is 5.32 Å². The first-order chi connectivity index (χ1) is 10.1. The van der Waals surface area contributed by atoms with Crippen molar-refractivity contribution in [1.82, 2.24) is 5.32 Å². The molecule has 0 bridgehead atoms. The van der Waals surface area contributed by atoms with Gasteiger partial charge in [0, 0.05) is 20.2 Å². The molecule has 5 nitrogen and oxygen atoms in total. The number of hydrogen-bond donors (Lipinski definition) is 2. The van der Waals surface area contributed by atoms with E-state index in [0.717, 1.165) is 5.75 Å². The van der Waals surface area contributed by atoms with Gasteiger partial charge in [0.1, 0.15) is 12.4 Å². The number of rotatable bonds is 11. The van der Waals surface area contributed by atoms with Crippen molar-refractivity contribution in [2.24, 2.45) is 0 Å². The van der Waals surface area contributed by atoms with Gasteiger partial charge in [-0.25, -0.2) is 0 Å². The molecule has 21 heavy (non-hydrogen) atoms. The van der Waals surface area contributed by atoms with Crippen molar-refractivity contribution in [2.45, 2.75) is 26.1 Å². The van der Waals surface area contributed by atoms with Crippen LogP contribution in [0.15, 0.2) is 24.3 Å². The summed E-state index contributed by atoms with van der Waals surface area (Å²) in [6.07, 6.45) is -0.530. The minimum atomic E-state index is -0.525. The Bertz CT molecular complexity index is 386. The molecule has 120 valence electrons. The van der Waals surface area contributed by atoms with Gasteiger partial charge in [-0.2, -0.15) is 0 Å². The summed E-state index contributed by atoms with van der Waals surface area (Å²) in [7, 11) is 1.63. The van der Waals surface area contributed by atoms with Gasteiger partial charge in [0.25, 0.3) is 0 Å². The highest BCUT2D eigenvalue weighted by Crippen LogP contribution is 2.11. The Morgan fingerprint density at radius 3 is 2.81 bits per heavy atom. The van der Waals surface area contributed by atoms with Crippen LogP contribution in [0, 0.1) is 6.92 Å². The standard InChI is InChI=1S/C16H27NO4/c1-13-5-4-6-16(9-13)20-8-7-17-10-15(18)12-21-14(2)11-19-3/h4-6,9,14-15,17-18H,7-8,10-12H2,1-3H3. The molecule has 1 rings (SSSR count). The molecule has 0 aliphatic carbocycles. The van der Waals surface area contributed by atoms with Crippen LogP contribution in [0.5, 0.6) is 5.75 Å². The second-order valence-corrected chi connectivity index (χ2v) is 5.12. The molecule has 0 aliphatic heterocycles. The normalized spacial score (nSPS) is 13.9. The molecule has 0 saturated carbocycles. The molecular formula is C16H27NO4. The van der Waals surface area contributed by atoms with Gasteiger partial charge in [0.2, 0.25) is 0 Å². The van der Waals surface area contributed by atoms with Gasteiger partial charge in [-0.3, -0.25) is 0 Å². The van der Waals surface area contributed by atoms with E-state index in [1.807, 2.05) is 38.1 Å². The number of ether oxygens (including phenoxy) is 3. The van der Waals surface area contributed by atoms with Crippen molar-refractivity contribution in [3.05, 3.63) is 29.8 Å². The number of aliphatic hydroxyl groups is 1. The average molecular weight is 297 g/mol. The predicted molar refractivity (Wildman–Crippen MR) is 82.8 cm³/mol. The van der Waals surface area contributed by atoms with E-state index in [1.54, 1.807) is 7.11 Å². The highest BCUT2D eigenvalue weighted by molar-refractivity contribution is 5.27. The molecule has 2 N–H and O–H groups in total. The number of benzene rings is 1. The minimum Gasteiger partial charge on any atom is -0.492 e. The second kappa shape index (κ2) is 10.6. The van der Waals surface area contributed by atoms with Crippen LogP contribution in [-0.4, -0.2) is 57.3 Å². The topological polar surface area (TPSA) is 60.0 Å². The molecule has 0 aromatic heterocycles. The first-order valence-corrected chi connectivity index (χ1v) is 7.30. The van der Waals surface area contributed by atoms with Crippen molar-refractivity contribution in [3.8, 4) is 5.75 Å². The lowest BCUT2D eigenvalue weighted by molar-refractivity contribution is -0.0311. The Labute approximate surface area is 127 Å². The molecule has 0 heterocycles. The zero-order valence-electron chi connectivity index (χ0n) is 13.2. The summed E-state index contributed by atoms with van der Waals surface area (Å²) in [5.74, 6) is 0.870. The molecule has 1 aromatic carbocycles. The maximum absolute atomic E-state index is 9.75. The van der Waals surface area contributed by atoms with Crippen molar-refractivity contribution >= 4 is 0 Å². The van der Waals surface area contributed by atoms with Gasteiger partial charge in [0.15, 0.2) is 0 Å². The van der Waals surface area contributed by atoms with Crippen molar-refractivity contribution in [3.63, 3.8) is 0 Å². The van der Waals surface area contributed by atoms with E-state index < -0.39 is 6.10 Å². The molecule has 0 spiro atoms. The fourth-order valence-corrected chi connectivity index (χ4v) is 1.83. The molecule has 1 aromatic rings. The first kappa shape index (κ1) is 17.9. The molecule has 2 atom stereocenters. The van der Waals surface area contributed by atoms with Crippen LogP contribution in [0.4, 0.5) is 0 Å². The molecule has 0 amide bonds. The van der Waals surface area contributed by atoms with E-state index in [1.165, 1.54) is 5.56 Å². The Kier molecular flexibility index (Phi) is 9.01. The minimum absolute atomic E-state index is 0.00527. The van der Waals surface area contributed by atoms with Crippen LogP contribution >= 0.6 is 0 Å². The Morgan fingerprint density at radius 1 is 1.29 bits per heavy atom. The third-order valence-electron chi connectivity index (χ3n) is 2.89. The summed E-state index contributed by atoms with van der Waals surface area (Å²) in [6, 6.07) is 7.94. The SMILES string of the molecule is COCC(C)OCC(O)CNCCOc1cccc(C)c1. The third-order valence-corrected chi connectivity index (χ3v) is 2.89. The highest BCUT2D eigenvalue weighted by atomic mass is 16.5. The van der Waals surface area contributed by atoms with E-state index >= 15 is 0 Å². The highest BCUT2D eigenvalue weighted by Gasteiger charge is 2.07. The van der Waals surface area contributed by atoms with Crippen LogP contribution in [0.1, 0.15) is 12.5 Å². The lowest BCUT2D eigenvalue weighted by Crippen LogP contribution is -2.34.